The van der Waals surface area contributed by atoms with Gasteiger partial charge in [0.1, 0.15) is 0 Å². The Balaban J connectivity index is 1.79. The first-order valence-electron chi connectivity index (χ1n) is 5.25. The van der Waals surface area contributed by atoms with Crippen LogP contribution in [-0.2, 0) is 13.0 Å². The van der Waals surface area contributed by atoms with Gasteiger partial charge >= 0.3 is 0 Å². The lowest BCUT2D eigenvalue weighted by atomic mass is 10.3. The molecule has 0 radical (unpaired) electrons. The maximum absolute atomic E-state index is 8.85. The molecule has 2 rings (SSSR count). The van der Waals surface area contributed by atoms with Crippen LogP contribution in [0.2, 0.25) is 0 Å². The first-order valence-corrected chi connectivity index (χ1v) is 5.25. The maximum Gasteiger partial charge on any atom is 0.0847 e. The van der Waals surface area contributed by atoms with Crippen molar-refractivity contribution in [3.8, 4) is 0 Å². The van der Waals surface area contributed by atoms with E-state index in [9.17, 15) is 0 Å². The highest BCUT2D eigenvalue weighted by Gasteiger charge is 2.11. The molecule has 0 unspecified atom stereocenters. The van der Waals surface area contributed by atoms with Crippen LogP contribution in [0.25, 0.3) is 0 Å². The van der Waals surface area contributed by atoms with Gasteiger partial charge in [-0.05, 0) is 32.0 Å². The summed E-state index contributed by atoms with van der Waals surface area (Å²) in [5.74, 6) is 0. The second-order valence-corrected chi connectivity index (χ2v) is 3.84. The van der Waals surface area contributed by atoms with Crippen molar-refractivity contribution in [1.29, 1.82) is 0 Å². The SMILES string of the molecule is OCc1cc(CCN2CCCC2)n[nH]1. The van der Waals surface area contributed by atoms with Gasteiger partial charge in [0.15, 0.2) is 0 Å². The van der Waals surface area contributed by atoms with Crippen LogP contribution in [0.1, 0.15) is 24.2 Å². The number of nitrogens with zero attached hydrogens (tertiary/aromatic N) is 2. The van der Waals surface area contributed by atoms with Crippen LogP contribution in [0.5, 0.6) is 0 Å². The van der Waals surface area contributed by atoms with E-state index >= 15 is 0 Å². The average molecular weight is 195 g/mol. The molecule has 0 spiro atoms. The Labute approximate surface area is 83.9 Å². The molecule has 1 saturated heterocycles. The van der Waals surface area contributed by atoms with Gasteiger partial charge in [-0.1, -0.05) is 0 Å². The van der Waals surface area contributed by atoms with E-state index in [1.54, 1.807) is 0 Å². The predicted octanol–water partition coefficient (Wildman–Crippen LogP) is 0.540. The fourth-order valence-electron chi connectivity index (χ4n) is 1.90. The summed E-state index contributed by atoms with van der Waals surface area (Å²) < 4.78 is 0. The second-order valence-electron chi connectivity index (χ2n) is 3.84. The van der Waals surface area contributed by atoms with Crippen LogP contribution in [0, 0.1) is 0 Å². The molecule has 78 valence electrons. The van der Waals surface area contributed by atoms with Crippen LogP contribution in [-0.4, -0.2) is 39.8 Å². The Bertz CT molecular complexity index is 279. The monoisotopic (exact) mass is 195 g/mol. The molecule has 4 nitrogen and oxygen atoms in total. The minimum absolute atomic E-state index is 0.0523. The van der Waals surface area contributed by atoms with Crippen LogP contribution in [0.4, 0.5) is 0 Å². The number of rotatable bonds is 4. The van der Waals surface area contributed by atoms with Crippen LogP contribution in [0.15, 0.2) is 6.07 Å². The van der Waals surface area contributed by atoms with E-state index in [1.165, 1.54) is 25.9 Å². The molecule has 0 bridgehead atoms. The fourth-order valence-corrected chi connectivity index (χ4v) is 1.90. The molecule has 1 aromatic rings. The molecule has 2 heterocycles. The number of aromatic amines is 1. The number of aliphatic hydroxyl groups is 1. The summed E-state index contributed by atoms with van der Waals surface area (Å²) in [5, 5.41) is 15.8. The van der Waals surface area contributed by atoms with Crippen molar-refractivity contribution in [3.63, 3.8) is 0 Å². The highest BCUT2D eigenvalue weighted by molar-refractivity contribution is 5.07. The zero-order valence-corrected chi connectivity index (χ0v) is 8.37. The standard InChI is InChI=1S/C10H17N3O/c14-8-10-7-9(11-12-10)3-6-13-4-1-2-5-13/h7,14H,1-6,8H2,(H,11,12). The molecule has 1 aliphatic rings. The molecule has 2 N–H and O–H groups in total. The van der Waals surface area contributed by atoms with E-state index in [-0.39, 0.29) is 6.61 Å². The molecule has 1 aliphatic heterocycles. The Morgan fingerprint density at radius 2 is 2.21 bits per heavy atom. The molecule has 0 atom stereocenters. The zero-order valence-electron chi connectivity index (χ0n) is 8.37. The third-order valence-electron chi connectivity index (χ3n) is 2.74. The molecule has 1 fully saturated rings. The lowest BCUT2D eigenvalue weighted by Crippen LogP contribution is -2.22. The van der Waals surface area contributed by atoms with Crippen molar-refractivity contribution in [2.45, 2.75) is 25.9 Å². The van der Waals surface area contributed by atoms with Crippen molar-refractivity contribution in [1.82, 2.24) is 15.1 Å². The van der Waals surface area contributed by atoms with E-state index in [4.69, 9.17) is 5.11 Å². The number of aliphatic hydroxyl groups excluding tert-OH is 1. The number of hydrogen-bond acceptors (Lipinski definition) is 3. The van der Waals surface area contributed by atoms with Crippen molar-refractivity contribution >= 4 is 0 Å². The minimum atomic E-state index is 0.0523. The number of likely N-dealkylation sites (tertiary alicyclic amines) is 1. The van der Waals surface area contributed by atoms with Gasteiger partial charge in [0, 0.05) is 13.0 Å². The van der Waals surface area contributed by atoms with Crippen LogP contribution < -0.4 is 0 Å². The Morgan fingerprint density at radius 3 is 2.86 bits per heavy atom. The topological polar surface area (TPSA) is 52.1 Å². The molecule has 0 amide bonds. The van der Waals surface area contributed by atoms with Gasteiger partial charge in [0.25, 0.3) is 0 Å². The van der Waals surface area contributed by atoms with Gasteiger partial charge in [-0.2, -0.15) is 5.10 Å². The maximum atomic E-state index is 8.85. The van der Waals surface area contributed by atoms with Gasteiger partial charge < -0.3 is 10.0 Å². The Hall–Kier alpha value is -0.870. The summed E-state index contributed by atoms with van der Waals surface area (Å²) in [4.78, 5) is 2.47. The fraction of sp³-hybridized carbons (Fsp3) is 0.700. The van der Waals surface area contributed by atoms with E-state index in [0.29, 0.717) is 0 Å². The van der Waals surface area contributed by atoms with Gasteiger partial charge in [-0.3, -0.25) is 5.10 Å². The van der Waals surface area contributed by atoms with Gasteiger partial charge in [-0.15, -0.1) is 0 Å². The summed E-state index contributed by atoms with van der Waals surface area (Å²) in [6.07, 6.45) is 3.65. The summed E-state index contributed by atoms with van der Waals surface area (Å²) in [7, 11) is 0. The van der Waals surface area contributed by atoms with Crippen molar-refractivity contribution in [3.05, 3.63) is 17.5 Å². The first kappa shape index (κ1) is 9.68. The summed E-state index contributed by atoms with van der Waals surface area (Å²) in [6, 6.07) is 1.94. The van der Waals surface area contributed by atoms with Gasteiger partial charge in [0.05, 0.1) is 18.0 Å². The quantitative estimate of drug-likeness (QED) is 0.737. The molecule has 4 heteroatoms. The van der Waals surface area contributed by atoms with Gasteiger partial charge in [-0.25, -0.2) is 0 Å². The van der Waals surface area contributed by atoms with E-state index in [1.807, 2.05) is 6.07 Å². The van der Waals surface area contributed by atoms with Gasteiger partial charge in [0.2, 0.25) is 0 Å². The minimum Gasteiger partial charge on any atom is -0.390 e. The Morgan fingerprint density at radius 1 is 1.43 bits per heavy atom. The second kappa shape index (κ2) is 4.57. The van der Waals surface area contributed by atoms with Crippen molar-refractivity contribution < 1.29 is 5.11 Å². The first-order chi connectivity index (χ1) is 6.88. The van der Waals surface area contributed by atoms with Crippen molar-refractivity contribution in [2.24, 2.45) is 0 Å². The molecular weight excluding hydrogens is 178 g/mol. The lowest BCUT2D eigenvalue weighted by Gasteiger charge is -2.12. The lowest BCUT2D eigenvalue weighted by molar-refractivity contribution is 0.276. The molecule has 1 aromatic heterocycles. The number of nitrogens with one attached hydrogen (secondary N) is 1. The molecule has 0 aliphatic carbocycles. The molecule has 0 aromatic carbocycles. The van der Waals surface area contributed by atoms with Crippen LogP contribution in [0.3, 0.4) is 0 Å². The summed E-state index contributed by atoms with van der Waals surface area (Å²) >= 11 is 0. The number of H-pyrrole nitrogens is 1. The summed E-state index contributed by atoms with van der Waals surface area (Å²) in [5.41, 5.74) is 1.86. The van der Waals surface area contributed by atoms with Crippen molar-refractivity contribution in [2.75, 3.05) is 19.6 Å². The Kier molecular flexibility index (Phi) is 3.16. The molecule has 14 heavy (non-hydrogen) atoms. The number of aromatic nitrogens is 2. The third kappa shape index (κ3) is 2.33. The molecular formula is C10H17N3O. The predicted molar refractivity (Wildman–Crippen MR) is 53.9 cm³/mol. The van der Waals surface area contributed by atoms with E-state index in [0.717, 1.165) is 24.4 Å². The van der Waals surface area contributed by atoms with E-state index in [2.05, 4.69) is 15.1 Å². The highest BCUT2D eigenvalue weighted by atomic mass is 16.3. The molecule has 0 saturated carbocycles. The summed E-state index contributed by atoms with van der Waals surface area (Å²) in [6.45, 7) is 3.61. The zero-order chi connectivity index (χ0) is 9.80. The smallest absolute Gasteiger partial charge is 0.0847 e. The normalized spacial score (nSPS) is 17.8. The van der Waals surface area contributed by atoms with E-state index < -0.39 is 0 Å². The largest absolute Gasteiger partial charge is 0.390 e. The third-order valence-corrected chi connectivity index (χ3v) is 2.74. The number of hydrogen-bond donors (Lipinski definition) is 2. The average Bonchev–Trinajstić information content (AvgIpc) is 2.86. The highest BCUT2D eigenvalue weighted by Crippen LogP contribution is 2.08. The van der Waals surface area contributed by atoms with Crippen LogP contribution >= 0.6 is 0 Å².